The summed E-state index contributed by atoms with van der Waals surface area (Å²) < 4.78 is 167. The average Bonchev–Trinajstić information content (AvgIpc) is 2.87. The Morgan fingerprint density at radius 2 is 1.30 bits per heavy atom. The SMILES string of the molecule is CC(NC(=O)NC(Cc1ccccc1)(c1ccc(F)cc1)c1cc(F)cc(OC(F)(F)C(F)F)c1)(C(F)(F)F)C(F)(F)F. The summed E-state index contributed by atoms with van der Waals surface area (Å²) >= 11 is 0. The van der Waals surface area contributed by atoms with Gasteiger partial charge >= 0.3 is 30.9 Å². The number of rotatable bonds is 9. The number of benzene rings is 3. The van der Waals surface area contributed by atoms with E-state index in [-0.39, 0.29) is 24.1 Å². The Bertz CT molecular complexity index is 1400. The van der Waals surface area contributed by atoms with Crippen molar-refractivity contribution in [3.63, 3.8) is 0 Å². The lowest BCUT2D eigenvalue weighted by Gasteiger charge is -2.39. The highest BCUT2D eigenvalue weighted by atomic mass is 19.4. The Kier molecular flexibility index (Phi) is 9.22. The molecule has 4 nitrogen and oxygen atoms in total. The van der Waals surface area contributed by atoms with E-state index in [9.17, 15) is 57.5 Å². The molecular formula is C27H20F12N2O2. The van der Waals surface area contributed by atoms with Crippen LogP contribution in [0.15, 0.2) is 72.8 Å². The summed E-state index contributed by atoms with van der Waals surface area (Å²) in [5, 5.41) is 2.77. The summed E-state index contributed by atoms with van der Waals surface area (Å²) in [6.45, 7) is -0.357. The lowest BCUT2D eigenvalue weighted by Crippen LogP contribution is -2.68. The maximum absolute atomic E-state index is 14.8. The Labute approximate surface area is 235 Å². The lowest BCUT2D eigenvalue weighted by molar-refractivity contribution is -0.297. The molecule has 2 amide bonds. The van der Waals surface area contributed by atoms with Gasteiger partial charge in [-0.2, -0.15) is 43.9 Å². The van der Waals surface area contributed by atoms with Gasteiger partial charge in [-0.3, -0.25) is 0 Å². The molecule has 3 rings (SSSR count). The van der Waals surface area contributed by atoms with Crippen LogP contribution in [0.5, 0.6) is 5.75 Å². The Morgan fingerprint density at radius 3 is 1.81 bits per heavy atom. The van der Waals surface area contributed by atoms with Crippen molar-refractivity contribution in [2.24, 2.45) is 0 Å². The summed E-state index contributed by atoms with van der Waals surface area (Å²) in [4.78, 5) is 13.0. The Hall–Kier alpha value is -4.11. The topological polar surface area (TPSA) is 50.4 Å². The highest BCUT2D eigenvalue weighted by molar-refractivity contribution is 5.77. The van der Waals surface area contributed by atoms with E-state index >= 15 is 0 Å². The van der Waals surface area contributed by atoms with E-state index in [4.69, 9.17) is 0 Å². The Balaban J connectivity index is 2.29. The predicted octanol–water partition coefficient (Wildman–Crippen LogP) is 7.87. The predicted molar refractivity (Wildman–Crippen MR) is 127 cm³/mol. The van der Waals surface area contributed by atoms with Crippen molar-refractivity contribution >= 4 is 6.03 Å². The summed E-state index contributed by atoms with van der Waals surface area (Å²) in [7, 11) is 0. The molecule has 1 unspecified atom stereocenters. The van der Waals surface area contributed by atoms with Gasteiger partial charge in [0.1, 0.15) is 17.4 Å². The highest BCUT2D eigenvalue weighted by Crippen LogP contribution is 2.43. The molecule has 2 N–H and O–H groups in total. The van der Waals surface area contributed by atoms with Gasteiger partial charge < -0.3 is 15.4 Å². The van der Waals surface area contributed by atoms with E-state index in [1.165, 1.54) is 30.3 Å². The average molecular weight is 632 g/mol. The van der Waals surface area contributed by atoms with Gasteiger partial charge in [0.15, 0.2) is 0 Å². The molecule has 0 aromatic heterocycles. The number of amides is 2. The zero-order valence-corrected chi connectivity index (χ0v) is 21.6. The fourth-order valence-corrected chi connectivity index (χ4v) is 4.02. The van der Waals surface area contributed by atoms with Crippen LogP contribution >= 0.6 is 0 Å². The molecule has 0 aliphatic carbocycles. The fourth-order valence-electron chi connectivity index (χ4n) is 4.02. The van der Waals surface area contributed by atoms with Crippen LogP contribution in [0.2, 0.25) is 0 Å². The molecule has 16 heteroatoms. The zero-order valence-electron chi connectivity index (χ0n) is 21.6. The van der Waals surface area contributed by atoms with Crippen LogP contribution in [0.3, 0.4) is 0 Å². The first-order chi connectivity index (χ1) is 19.7. The van der Waals surface area contributed by atoms with Crippen LogP contribution in [0.25, 0.3) is 0 Å². The first kappa shape index (κ1) is 33.4. The fraction of sp³-hybridized carbons (Fsp3) is 0.296. The van der Waals surface area contributed by atoms with Gasteiger partial charge in [-0.05, 0) is 47.9 Å². The molecule has 0 aliphatic rings. The summed E-state index contributed by atoms with van der Waals surface area (Å²) in [5.41, 5.74) is -8.01. The van der Waals surface area contributed by atoms with Crippen molar-refractivity contribution in [2.75, 3.05) is 0 Å². The normalized spacial score (nSPS) is 14.3. The van der Waals surface area contributed by atoms with Gasteiger partial charge in [0.05, 0.1) is 5.54 Å². The molecule has 0 heterocycles. The molecule has 0 saturated heterocycles. The lowest BCUT2D eigenvalue weighted by atomic mass is 9.77. The molecule has 0 spiro atoms. The van der Waals surface area contributed by atoms with Crippen molar-refractivity contribution < 1.29 is 62.2 Å². The molecule has 0 radical (unpaired) electrons. The molecule has 0 fully saturated rings. The second-order valence-electron chi connectivity index (χ2n) is 9.41. The van der Waals surface area contributed by atoms with Gasteiger partial charge in [-0.25, -0.2) is 13.6 Å². The maximum atomic E-state index is 14.8. The van der Waals surface area contributed by atoms with Crippen LogP contribution in [0.4, 0.5) is 57.5 Å². The van der Waals surface area contributed by atoms with Crippen LogP contribution < -0.4 is 15.4 Å². The monoisotopic (exact) mass is 632 g/mol. The third kappa shape index (κ3) is 7.28. The van der Waals surface area contributed by atoms with Crippen LogP contribution in [0.1, 0.15) is 23.6 Å². The highest BCUT2D eigenvalue weighted by Gasteiger charge is 2.69. The molecular weight excluding hydrogens is 612 g/mol. The van der Waals surface area contributed by atoms with Gasteiger partial charge in [0.25, 0.3) is 0 Å². The van der Waals surface area contributed by atoms with E-state index in [2.05, 4.69) is 4.74 Å². The minimum Gasteiger partial charge on any atom is -0.428 e. The first-order valence-corrected chi connectivity index (χ1v) is 11.9. The largest absolute Gasteiger partial charge is 0.461 e. The number of urea groups is 1. The second-order valence-corrected chi connectivity index (χ2v) is 9.41. The number of alkyl halides is 10. The summed E-state index contributed by atoms with van der Waals surface area (Å²) in [6.07, 6.45) is -22.3. The van der Waals surface area contributed by atoms with Crippen molar-refractivity contribution in [3.05, 3.63) is 101 Å². The number of ether oxygens (including phenoxy) is 1. The summed E-state index contributed by atoms with van der Waals surface area (Å²) in [5.74, 6) is -3.56. The Morgan fingerprint density at radius 1 is 0.744 bits per heavy atom. The summed E-state index contributed by atoms with van der Waals surface area (Å²) in [6, 6.07) is 9.81. The van der Waals surface area contributed by atoms with Gasteiger partial charge in [0, 0.05) is 12.5 Å². The third-order valence-electron chi connectivity index (χ3n) is 6.35. The van der Waals surface area contributed by atoms with E-state index < -0.39 is 71.4 Å². The smallest absolute Gasteiger partial charge is 0.428 e. The molecule has 0 bridgehead atoms. The van der Waals surface area contributed by atoms with E-state index in [0.717, 1.165) is 29.6 Å². The van der Waals surface area contributed by atoms with Crippen LogP contribution in [-0.2, 0) is 12.0 Å². The molecule has 3 aromatic carbocycles. The molecule has 43 heavy (non-hydrogen) atoms. The van der Waals surface area contributed by atoms with E-state index in [0.29, 0.717) is 12.1 Å². The van der Waals surface area contributed by atoms with E-state index in [1.54, 1.807) is 0 Å². The minimum absolute atomic E-state index is 0.200. The number of carbonyl (C=O) groups is 1. The molecule has 3 aromatic rings. The third-order valence-corrected chi connectivity index (χ3v) is 6.35. The number of hydrogen-bond acceptors (Lipinski definition) is 2. The van der Waals surface area contributed by atoms with Gasteiger partial charge in [-0.15, -0.1) is 0 Å². The van der Waals surface area contributed by atoms with Crippen molar-refractivity contribution in [1.82, 2.24) is 10.6 Å². The van der Waals surface area contributed by atoms with Crippen LogP contribution in [-0.4, -0.2) is 36.5 Å². The van der Waals surface area contributed by atoms with E-state index in [1.807, 2.05) is 5.32 Å². The molecule has 0 saturated carbocycles. The molecule has 234 valence electrons. The maximum Gasteiger partial charge on any atom is 0.461 e. The second kappa shape index (κ2) is 11.9. The van der Waals surface area contributed by atoms with Crippen molar-refractivity contribution in [1.29, 1.82) is 0 Å². The number of hydrogen-bond donors (Lipinski definition) is 2. The van der Waals surface area contributed by atoms with Crippen LogP contribution in [0, 0.1) is 11.6 Å². The number of halogens is 12. The van der Waals surface area contributed by atoms with Gasteiger partial charge in [-0.1, -0.05) is 42.5 Å². The van der Waals surface area contributed by atoms with Crippen molar-refractivity contribution in [2.45, 2.75) is 49.3 Å². The number of nitrogens with one attached hydrogen (secondary N) is 2. The van der Waals surface area contributed by atoms with Gasteiger partial charge in [0.2, 0.25) is 5.54 Å². The minimum atomic E-state index is -6.08. The molecule has 0 aliphatic heterocycles. The standard InChI is InChI=1S/C27H20F12N2O2/c1-23(26(34,35)36,27(37,38)39)40-22(42)41-24(14-15-5-3-2-4-6-15,16-7-9-18(28)10-8-16)17-11-19(29)13-20(12-17)43-25(32,33)21(30)31/h2-13,21H,14H2,1H3,(H2,40,41,42). The van der Waals surface area contributed by atoms with Crippen molar-refractivity contribution in [3.8, 4) is 5.75 Å². The quantitative estimate of drug-likeness (QED) is 0.236. The first-order valence-electron chi connectivity index (χ1n) is 11.9. The zero-order chi connectivity index (χ0) is 32.4. The number of carbonyl (C=O) groups excluding carboxylic acids is 1. The molecule has 1 atom stereocenters.